The van der Waals surface area contributed by atoms with Crippen LogP contribution in [0.25, 0.3) is 0 Å². The number of aromatic nitrogens is 3. The Balaban J connectivity index is 1.65. The second kappa shape index (κ2) is 7.34. The minimum atomic E-state index is -0.241. The molecule has 0 aliphatic carbocycles. The van der Waals surface area contributed by atoms with Crippen molar-refractivity contribution in [1.82, 2.24) is 25.4 Å². The normalized spacial score (nSPS) is 17.2. The van der Waals surface area contributed by atoms with E-state index in [2.05, 4.69) is 26.8 Å². The molecule has 0 saturated carbocycles. The van der Waals surface area contributed by atoms with Gasteiger partial charge in [-0.1, -0.05) is 19.1 Å². The predicted molar refractivity (Wildman–Crippen MR) is 92.6 cm³/mol. The lowest BCUT2D eigenvalue weighted by Gasteiger charge is -2.24. The number of nitrogens with one attached hydrogen (secondary N) is 2. The van der Waals surface area contributed by atoms with Crippen molar-refractivity contribution < 1.29 is 4.79 Å². The first kappa shape index (κ1) is 17.0. The first-order valence-corrected chi connectivity index (χ1v) is 8.61. The van der Waals surface area contributed by atoms with E-state index < -0.39 is 0 Å². The molecular weight excluding hydrogens is 316 g/mol. The third kappa shape index (κ3) is 3.79. The molecule has 3 rings (SSSR count). The number of hydrogen-bond donors (Lipinski definition) is 2. The zero-order chi connectivity index (χ0) is 17.8. The average Bonchev–Trinajstić information content (AvgIpc) is 3.06. The highest BCUT2D eigenvalue weighted by Crippen LogP contribution is 2.23. The summed E-state index contributed by atoms with van der Waals surface area (Å²) >= 11 is 0. The maximum absolute atomic E-state index is 12.4. The maximum Gasteiger partial charge on any atom is 0.315 e. The Hall–Kier alpha value is -2.88. The molecule has 2 aromatic rings. The lowest BCUT2D eigenvalue weighted by Crippen LogP contribution is -2.41. The van der Waals surface area contributed by atoms with Crippen molar-refractivity contribution >= 4 is 6.03 Å². The van der Waals surface area contributed by atoms with Crippen LogP contribution in [0.4, 0.5) is 4.79 Å². The standard InChI is InChI=1S/C18H22N6O/c1-3-16-22-17-15(8-5-9-24(17)23-16)21-18(25)20-12(2)14-7-4-6-13(10-14)11-19/h4,6-7,10,12,15H,3,5,8-9H2,1-2H3,(H2,20,21,25). The van der Waals surface area contributed by atoms with Crippen LogP contribution in [-0.2, 0) is 13.0 Å². The van der Waals surface area contributed by atoms with E-state index in [1.54, 1.807) is 12.1 Å². The van der Waals surface area contributed by atoms with Crippen molar-refractivity contribution in [2.75, 3.05) is 0 Å². The molecule has 2 N–H and O–H groups in total. The van der Waals surface area contributed by atoms with Gasteiger partial charge in [-0.3, -0.25) is 0 Å². The molecule has 0 bridgehead atoms. The molecule has 2 amide bonds. The Kier molecular flexibility index (Phi) is 4.98. The lowest BCUT2D eigenvalue weighted by atomic mass is 10.1. The van der Waals surface area contributed by atoms with Crippen molar-refractivity contribution in [2.24, 2.45) is 0 Å². The number of fused-ring (bicyclic) bond motifs is 1. The molecule has 1 aliphatic rings. The van der Waals surface area contributed by atoms with Crippen molar-refractivity contribution in [3.63, 3.8) is 0 Å². The van der Waals surface area contributed by atoms with E-state index in [9.17, 15) is 4.79 Å². The fourth-order valence-corrected chi connectivity index (χ4v) is 3.04. The van der Waals surface area contributed by atoms with Gasteiger partial charge >= 0.3 is 6.03 Å². The van der Waals surface area contributed by atoms with Gasteiger partial charge in [-0.15, -0.1) is 0 Å². The number of amides is 2. The summed E-state index contributed by atoms with van der Waals surface area (Å²) in [6.07, 6.45) is 2.60. The van der Waals surface area contributed by atoms with Gasteiger partial charge in [0.25, 0.3) is 0 Å². The summed E-state index contributed by atoms with van der Waals surface area (Å²) in [6.45, 7) is 4.77. The summed E-state index contributed by atoms with van der Waals surface area (Å²) in [5.74, 6) is 1.64. The lowest BCUT2D eigenvalue weighted by molar-refractivity contribution is 0.230. The smallest absolute Gasteiger partial charge is 0.315 e. The summed E-state index contributed by atoms with van der Waals surface area (Å²) in [4.78, 5) is 16.9. The summed E-state index contributed by atoms with van der Waals surface area (Å²) in [7, 11) is 0. The van der Waals surface area contributed by atoms with E-state index >= 15 is 0 Å². The van der Waals surface area contributed by atoms with Crippen LogP contribution in [-0.4, -0.2) is 20.8 Å². The third-order valence-corrected chi connectivity index (χ3v) is 4.40. The Morgan fingerprint density at radius 3 is 3.12 bits per heavy atom. The van der Waals surface area contributed by atoms with E-state index in [0.717, 1.165) is 43.0 Å². The predicted octanol–water partition coefficient (Wildman–Crippen LogP) is 2.61. The van der Waals surface area contributed by atoms with Gasteiger partial charge in [0, 0.05) is 13.0 Å². The van der Waals surface area contributed by atoms with E-state index in [1.165, 1.54) is 0 Å². The SMILES string of the molecule is CCc1nc2n(n1)CCCC2NC(=O)NC(C)c1cccc(C#N)c1. The monoisotopic (exact) mass is 338 g/mol. The highest BCUT2D eigenvalue weighted by Gasteiger charge is 2.25. The number of carbonyl (C=O) groups excluding carboxylic acids is 1. The second-order valence-corrected chi connectivity index (χ2v) is 6.23. The van der Waals surface area contributed by atoms with Gasteiger partial charge in [-0.2, -0.15) is 10.4 Å². The first-order chi connectivity index (χ1) is 12.1. The first-order valence-electron chi connectivity index (χ1n) is 8.61. The van der Waals surface area contributed by atoms with Crippen molar-refractivity contribution in [3.8, 4) is 6.07 Å². The fourth-order valence-electron chi connectivity index (χ4n) is 3.04. The molecule has 1 aliphatic heterocycles. The highest BCUT2D eigenvalue weighted by atomic mass is 16.2. The molecule has 0 saturated heterocycles. The second-order valence-electron chi connectivity index (χ2n) is 6.23. The van der Waals surface area contributed by atoms with E-state index in [4.69, 9.17) is 5.26 Å². The Labute approximate surface area is 147 Å². The van der Waals surface area contributed by atoms with E-state index in [1.807, 2.05) is 30.7 Å². The van der Waals surface area contributed by atoms with Gasteiger partial charge in [0.1, 0.15) is 5.82 Å². The van der Waals surface area contributed by atoms with Crippen molar-refractivity contribution in [1.29, 1.82) is 5.26 Å². The molecule has 0 spiro atoms. The summed E-state index contributed by atoms with van der Waals surface area (Å²) < 4.78 is 1.90. The summed E-state index contributed by atoms with van der Waals surface area (Å²) in [6, 6.07) is 8.81. The molecule has 0 radical (unpaired) electrons. The molecule has 1 aromatic heterocycles. The Bertz CT molecular complexity index is 806. The molecule has 2 heterocycles. The van der Waals surface area contributed by atoms with Crippen LogP contribution < -0.4 is 10.6 Å². The van der Waals surface area contributed by atoms with Crippen LogP contribution >= 0.6 is 0 Å². The minimum Gasteiger partial charge on any atom is -0.332 e. The number of hydrogen-bond acceptors (Lipinski definition) is 4. The number of nitriles is 1. The largest absolute Gasteiger partial charge is 0.332 e. The van der Waals surface area contributed by atoms with Gasteiger partial charge in [0.2, 0.25) is 0 Å². The van der Waals surface area contributed by atoms with Gasteiger partial charge in [0.05, 0.1) is 23.7 Å². The van der Waals surface area contributed by atoms with E-state index in [-0.39, 0.29) is 18.1 Å². The summed E-state index contributed by atoms with van der Waals surface area (Å²) in [5, 5.41) is 19.4. The molecule has 7 heteroatoms. The number of rotatable bonds is 4. The molecular formula is C18H22N6O. The van der Waals surface area contributed by atoms with Crippen LogP contribution in [0.3, 0.4) is 0 Å². The Morgan fingerprint density at radius 1 is 1.52 bits per heavy atom. The van der Waals surface area contributed by atoms with Gasteiger partial charge < -0.3 is 10.6 Å². The number of nitrogens with zero attached hydrogens (tertiary/aromatic N) is 4. The van der Waals surface area contributed by atoms with Gasteiger partial charge in [0.15, 0.2) is 5.82 Å². The van der Waals surface area contributed by atoms with Crippen LogP contribution in [0.5, 0.6) is 0 Å². The number of benzene rings is 1. The fraction of sp³-hybridized carbons (Fsp3) is 0.444. The minimum absolute atomic E-state index is 0.126. The van der Waals surface area contributed by atoms with E-state index in [0.29, 0.717) is 5.56 Å². The van der Waals surface area contributed by atoms with Crippen LogP contribution in [0.1, 0.15) is 61.5 Å². The van der Waals surface area contributed by atoms with Crippen LogP contribution in [0.2, 0.25) is 0 Å². The molecule has 0 fully saturated rings. The van der Waals surface area contributed by atoms with Crippen LogP contribution in [0, 0.1) is 11.3 Å². The highest BCUT2D eigenvalue weighted by molar-refractivity contribution is 5.74. The molecule has 25 heavy (non-hydrogen) atoms. The third-order valence-electron chi connectivity index (χ3n) is 4.40. The molecule has 2 atom stereocenters. The molecule has 130 valence electrons. The van der Waals surface area contributed by atoms with Gasteiger partial charge in [-0.25, -0.2) is 14.5 Å². The topological polar surface area (TPSA) is 95.6 Å². The van der Waals surface area contributed by atoms with Crippen molar-refractivity contribution in [2.45, 2.75) is 51.7 Å². The summed E-state index contributed by atoms with van der Waals surface area (Å²) in [5.41, 5.74) is 1.48. The molecule has 1 aromatic carbocycles. The maximum atomic E-state index is 12.4. The number of aryl methyl sites for hydroxylation is 2. The quantitative estimate of drug-likeness (QED) is 0.895. The van der Waals surface area contributed by atoms with Crippen molar-refractivity contribution in [3.05, 3.63) is 47.0 Å². The Morgan fingerprint density at radius 2 is 2.36 bits per heavy atom. The zero-order valence-electron chi connectivity index (χ0n) is 14.5. The van der Waals surface area contributed by atoms with Gasteiger partial charge in [-0.05, 0) is 37.5 Å². The zero-order valence-corrected chi connectivity index (χ0v) is 14.5. The number of carbonyl (C=O) groups is 1. The molecule has 7 nitrogen and oxygen atoms in total. The number of urea groups is 1. The average molecular weight is 338 g/mol. The molecule has 2 unspecified atom stereocenters. The van der Waals surface area contributed by atoms with Crippen LogP contribution in [0.15, 0.2) is 24.3 Å².